The Morgan fingerprint density at radius 2 is 1.43 bits per heavy atom. The van der Waals surface area contributed by atoms with Crippen molar-refractivity contribution in [3.8, 4) is 11.5 Å². The van der Waals surface area contributed by atoms with Gasteiger partial charge in [-0.15, -0.1) is 12.4 Å². The van der Waals surface area contributed by atoms with Gasteiger partial charge in [0.15, 0.2) is 0 Å². The second-order valence-corrected chi connectivity index (χ2v) is 4.41. The number of benzene rings is 2. The molecule has 0 amide bonds. The van der Waals surface area contributed by atoms with Crippen molar-refractivity contribution in [3.63, 3.8) is 0 Å². The average Bonchev–Trinajstić information content (AvgIpc) is 2.39. The summed E-state index contributed by atoms with van der Waals surface area (Å²) in [5, 5.41) is 0. The Morgan fingerprint density at radius 1 is 0.905 bits per heavy atom. The van der Waals surface area contributed by atoms with Crippen LogP contribution in [-0.2, 0) is 0 Å². The first-order valence-electron chi connectivity index (χ1n) is 6.09. The van der Waals surface area contributed by atoms with Crippen LogP contribution in [0.4, 0.5) is 13.2 Å². The molecule has 2 nitrogen and oxygen atoms in total. The van der Waals surface area contributed by atoms with E-state index in [1.807, 2.05) is 18.2 Å². The highest BCUT2D eigenvalue weighted by Gasteiger charge is 2.30. The van der Waals surface area contributed by atoms with Gasteiger partial charge in [-0.1, -0.05) is 30.3 Å². The summed E-state index contributed by atoms with van der Waals surface area (Å²) in [6.07, 6.45) is -5.30. The molecule has 0 aliphatic rings. The lowest BCUT2D eigenvalue weighted by Crippen LogP contribution is -2.20. The second-order valence-electron chi connectivity index (χ2n) is 4.41. The van der Waals surface area contributed by atoms with E-state index in [1.165, 1.54) is 0 Å². The fourth-order valence-electron chi connectivity index (χ4n) is 1.77. The minimum atomic E-state index is -4.27. The summed E-state index contributed by atoms with van der Waals surface area (Å²) >= 11 is 0. The van der Waals surface area contributed by atoms with Gasteiger partial charge in [0.2, 0.25) is 0 Å². The lowest BCUT2D eigenvalue weighted by molar-refractivity contribution is -0.138. The number of rotatable bonds is 4. The Morgan fingerprint density at radius 3 is 1.95 bits per heavy atom. The first-order chi connectivity index (χ1) is 9.44. The molecule has 0 aliphatic carbocycles. The van der Waals surface area contributed by atoms with Crippen molar-refractivity contribution in [2.45, 2.75) is 18.6 Å². The van der Waals surface area contributed by atoms with Crippen molar-refractivity contribution < 1.29 is 17.9 Å². The van der Waals surface area contributed by atoms with E-state index in [-0.39, 0.29) is 12.4 Å². The standard InChI is InChI=1S/C15H14F3NO.ClH/c16-15(17,18)10-14(19)11-6-8-13(9-7-11)20-12-4-2-1-3-5-12;/h1-9,14H,10,19H2;1H/t14-;/m0./s1. The summed E-state index contributed by atoms with van der Waals surface area (Å²) in [6.45, 7) is 0. The Kier molecular flexibility index (Phi) is 6.05. The van der Waals surface area contributed by atoms with Crippen LogP contribution in [0.15, 0.2) is 54.6 Å². The SMILES string of the molecule is Cl.N[C@@H](CC(F)(F)F)c1ccc(Oc2ccccc2)cc1. The third kappa shape index (κ3) is 5.65. The van der Waals surface area contributed by atoms with E-state index in [9.17, 15) is 13.2 Å². The zero-order valence-electron chi connectivity index (χ0n) is 11.0. The van der Waals surface area contributed by atoms with Crippen molar-refractivity contribution in [2.24, 2.45) is 5.73 Å². The number of ether oxygens (including phenoxy) is 1. The van der Waals surface area contributed by atoms with Crippen LogP contribution < -0.4 is 10.5 Å². The lowest BCUT2D eigenvalue weighted by atomic mass is 10.0. The van der Waals surface area contributed by atoms with E-state index >= 15 is 0 Å². The van der Waals surface area contributed by atoms with Gasteiger partial charge in [0, 0.05) is 6.04 Å². The summed E-state index contributed by atoms with van der Waals surface area (Å²) in [4.78, 5) is 0. The molecule has 2 N–H and O–H groups in total. The van der Waals surface area contributed by atoms with Crippen LogP contribution >= 0.6 is 12.4 Å². The molecule has 0 spiro atoms. The third-order valence-corrected chi connectivity index (χ3v) is 2.74. The monoisotopic (exact) mass is 317 g/mol. The van der Waals surface area contributed by atoms with Crippen molar-refractivity contribution in [1.29, 1.82) is 0 Å². The van der Waals surface area contributed by atoms with Crippen LogP contribution in [-0.4, -0.2) is 6.18 Å². The van der Waals surface area contributed by atoms with Gasteiger partial charge in [0.05, 0.1) is 6.42 Å². The van der Waals surface area contributed by atoms with Crippen molar-refractivity contribution in [3.05, 3.63) is 60.2 Å². The highest BCUT2D eigenvalue weighted by molar-refractivity contribution is 5.85. The molecular weight excluding hydrogens is 303 g/mol. The van der Waals surface area contributed by atoms with Crippen LogP contribution in [0.25, 0.3) is 0 Å². The zero-order chi connectivity index (χ0) is 14.6. The quantitative estimate of drug-likeness (QED) is 0.874. The summed E-state index contributed by atoms with van der Waals surface area (Å²) < 4.78 is 42.3. The topological polar surface area (TPSA) is 35.2 Å². The molecular formula is C15H15ClF3NO. The summed E-state index contributed by atoms with van der Waals surface area (Å²) in [5.74, 6) is 1.22. The van der Waals surface area contributed by atoms with Gasteiger partial charge >= 0.3 is 6.18 Å². The maximum atomic E-state index is 12.3. The number of hydrogen-bond donors (Lipinski definition) is 1. The fourth-order valence-corrected chi connectivity index (χ4v) is 1.77. The summed E-state index contributed by atoms with van der Waals surface area (Å²) in [6, 6.07) is 14.4. The van der Waals surface area contributed by atoms with Gasteiger partial charge in [0.25, 0.3) is 0 Å². The first kappa shape index (κ1) is 17.3. The summed E-state index contributed by atoms with van der Waals surface area (Å²) in [7, 11) is 0. The van der Waals surface area contributed by atoms with E-state index in [1.54, 1.807) is 36.4 Å². The maximum Gasteiger partial charge on any atom is 0.390 e. The Bertz CT molecular complexity index is 543. The molecule has 0 fully saturated rings. The van der Waals surface area contributed by atoms with Gasteiger partial charge in [-0.3, -0.25) is 0 Å². The van der Waals surface area contributed by atoms with Crippen LogP contribution in [0.1, 0.15) is 18.0 Å². The van der Waals surface area contributed by atoms with E-state index in [2.05, 4.69) is 0 Å². The molecule has 0 unspecified atom stereocenters. The van der Waals surface area contributed by atoms with Crippen LogP contribution in [0.2, 0.25) is 0 Å². The third-order valence-electron chi connectivity index (χ3n) is 2.74. The number of para-hydroxylation sites is 1. The number of halogens is 4. The number of nitrogens with two attached hydrogens (primary N) is 1. The molecule has 0 radical (unpaired) electrons. The predicted molar refractivity (Wildman–Crippen MR) is 77.8 cm³/mol. The van der Waals surface area contributed by atoms with Gasteiger partial charge in [-0.05, 0) is 29.8 Å². The van der Waals surface area contributed by atoms with Crippen molar-refractivity contribution >= 4 is 12.4 Å². The van der Waals surface area contributed by atoms with Gasteiger partial charge in [-0.25, -0.2) is 0 Å². The molecule has 6 heteroatoms. The number of hydrogen-bond acceptors (Lipinski definition) is 2. The molecule has 2 rings (SSSR count). The normalized spacial score (nSPS) is 12.4. The molecule has 0 aliphatic heterocycles. The Balaban J connectivity index is 0.00000220. The molecule has 0 saturated heterocycles. The molecule has 114 valence electrons. The molecule has 0 heterocycles. The van der Waals surface area contributed by atoms with Crippen LogP contribution in [0, 0.1) is 0 Å². The largest absolute Gasteiger partial charge is 0.457 e. The number of alkyl halides is 3. The molecule has 1 atom stereocenters. The van der Waals surface area contributed by atoms with Crippen LogP contribution in [0.5, 0.6) is 11.5 Å². The second kappa shape index (κ2) is 7.33. The molecule has 2 aromatic carbocycles. The van der Waals surface area contributed by atoms with E-state index in [0.717, 1.165) is 0 Å². The van der Waals surface area contributed by atoms with E-state index < -0.39 is 18.6 Å². The highest BCUT2D eigenvalue weighted by Crippen LogP contribution is 2.29. The fraction of sp³-hybridized carbons (Fsp3) is 0.200. The molecule has 0 bridgehead atoms. The molecule has 0 aromatic heterocycles. The van der Waals surface area contributed by atoms with E-state index in [4.69, 9.17) is 10.5 Å². The minimum absolute atomic E-state index is 0. The average molecular weight is 318 g/mol. The first-order valence-corrected chi connectivity index (χ1v) is 6.09. The Hall–Kier alpha value is -1.72. The minimum Gasteiger partial charge on any atom is -0.457 e. The zero-order valence-corrected chi connectivity index (χ0v) is 11.8. The molecule has 0 saturated carbocycles. The summed E-state index contributed by atoms with van der Waals surface area (Å²) in [5.41, 5.74) is 5.96. The lowest BCUT2D eigenvalue weighted by Gasteiger charge is -2.15. The van der Waals surface area contributed by atoms with Crippen molar-refractivity contribution in [2.75, 3.05) is 0 Å². The smallest absolute Gasteiger partial charge is 0.390 e. The Labute approximate surface area is 127 Å². The maximum absolute atomic E-state index is 12.3. The highest BCUT2D eigenvalue weighted by atomic mass is 35.5. The molecule has 2 aromatic rings. The van der Waals surface area contributed by atoms with Crippen molar-refractivity contribution in [1.82, 2.24) is 0 Å². The molecule has 21 heavy (non-hydrogen) atoms. The van der Waals surface area contributed by atoms with E-state index in [0.29, 0.717) is 17.1 Å². The van der Waals surface area contributed by atoms with Crippen LogP contribution in [0.3, 0.4) is 0 Å². The predicted octanol–water partition coefficient (Wildman–Crippen LogP) is 4.85. The van der Waals surface area contributed by atoms with Gasteiger partial charge in [0.1, 0.15) is 11.5 Å². The van der Waals surface area contributed by atoms with Gasteiger partial charge in [-0.2, -0.15) is 13.2 Å². The van der Waals surface area contributed by atoms with Gasteiger partial charge < -0.3 is 10.5 Å².